The van der Waals surface area contributed by atoms with Gasteiger partial charge in [0.1, 0.15) is 5.75 Å². The fourth-order valence-electron chi connectivity index (χ4n) is 1.24. The first-order valence-electron chi connectivity index (χ1n) is 5.32. The van der Waals surface area contributed by atoms with E-state index in [2.05, 4.69) is 10.6 Å². The molecule has 1 rings (SSSR count). The summed E-state index contributed by atoms with van der Waals surface area (Å²) >= 11 is 0. The van der Waals surface area contributed by atoms with Crippen molar-refractivity contribution in [2.75, 3.05) is 11.9 Å². The molecule has 1 aromatic rings. The van der Waals surface area contributed by atoms with Gasteiger partial charge in [0.15, 0.2) is 0 Å². The quantitative estimate of drug-likeness (QED) is 0.679. The van der Waals surface area contributed by atoms with Gasteiger partial charge >= 0.3 is 0 Å². The second kappa shape index (κ2) is 5.51. The van der Waals surface area contributed by atoms with Crippen LogP contribution in [0.4, 0.5) is 5.69 Å². The molecule has 88 valence electrons. The average molecular weight is 222 g/mol. The van der Waals surface area contributed by atoms with E-state index < -0.39 is 0 Å². The number of carbonyl (C=O) groups excluding carboxylic acids is 1. The highest BCUT2D eigenvalue weighted by molar-refractivity contribution is 5.93. The van der Waals surface area contributed by atoms with Gasteiger partial charge in [-0.1, -0.05) is 19.9 Å². The van der Waals surface area contributed by atoms with Crippen molar-refractivity contribution < 1.29 is 9.90 Å². The SMILES string of the molecule is Cc1ccc(O)c(NC(=O)CNC(C)C)c1. The Kier molecular flexibility index (Phi) is 4.31. The van der Waals surface area contributed by atoms with Gasteiger partial charge in [-0.3, -0.25) is 4.79 Å². The Bertz CT molecular complexity index is 375. The molecule has 0 fully saturated rings. The van der Waals surface area contributed by atoms with Crippen LogP contribution in [0.1, 0.15) is 19.4 Å². The van der Waals surface area contributed by atoms with Gasteiger partial charge in [0.2, 0.25) is 5.91 Å². The molecule has 16 heavy (non-hydrogen) atoms. The van der Waals surface area contributed by atoms with Crippen LogP contribution in [0.25, 0.3) is 0 Å². The normalized spacial score (nSPS) is 10.5. The maximum Gasteiger partial charge on any atom is 0.238 e. The number of rotatable bonds is 4. The number of amides is 1. The number of carbonyl (C=O) groups is 1. The minimum Gasteiger partial charge on any atom is -0.506 e. The third kappa shape index (κ3) is 3.90. The molecule has 0 radical (unpaired) electrons. The monoisotopic (exact) mass is 222 g/mol. The lowest BCUT2D eigenvalue weighted by Gasteiger charge is -2.10. The highest BCUT2D eigenvalue weighted by atomic mass is 16.3. The zero-order chi connectivity index (χ0) is 12.1. The van der Waals surface area contributed by atoms with Crippen molar-refractivity contribution in [3.63, 3.8) is 0 Å². The Hall–Kier alpha value is -1.55. The van der Waals surface area contributed by atoms with Crippen molar-refractivity contribution in [2.24, 2.45) is 0 Å². The van der Waals surface area contributed by atoms with E-state index in [0.717, 1.165) is 5.56 Å². The second-order valence-electron chi connectivity index (χ2n) is 4.10. The van der Waals surface area contributed by atoms with E-state index >= 15 is 0 Å². The lowest BCUT2D eigenvalue weighted by atomic mass is 10.2. The standard InChI is InChI=1S/C12H18N2O2/c1-8(2)13-7-12(16)14-10-6-9(3)4-5-11(10)15/h4-6,8,13,15H,7H2,1-3H3,(H,14,16). The van der Waals surface area contributed by atoms with Gasteiger partial charge in [0, 0.05) is 6.04 Å². The van der Waals surface area contributed by atoms with Crippen LogP contribution in [0.5, 0.6) is 5.75 Å². The molecule has 4 nitrogen and oxygen atoms in total. The summed E-state index contributed by atoms with van der Waals surface area (Å²) in [5.41, 5.74) is 1.44. The zero-order valence-electron chi connectivity index (χ0n) is 9.87. The summed E-state index contributed by atoms with van der Waals surface area (Å²) in [7, 11) is 0. The topological polar surface area (TPSA) is 61.4 Å². The Morgan fingerprint density at radius 3 is 2.75 bits per heavy atom. The van der Waals surface area contributed by atoms with Crippen molar-refractivity contribution in [3.8, 4) is 5.75 Å². The Morgan fingerprint density at radius 2 is 2.12 bits per heavy atom. The maximum atomic E-state index is 11.5. The molecule has 0 aliphatic heterocycles. The first kappa shape index (κ1) is 12.5. The summed E-state index contributed by atoms with van der Waals surface area (Å²) in [6, 6.07) is 5.36. The van der Waals surface area contributed by atoms with Crippen molar-refractivity contribution in [1.82, 2.24) is 5.32 Å². The van der Waals surface area contributed by atoms with E-state index in [0.29, 0.717) is 5.69 Å². The highest BCUT2D eigenvalue weighted by Crippen LogP contribution is 2.23. The number of phenols is 1. The summed E-state index contributed by atoms with van der Waals surface area (Å²) in [5, 5.41) is 15.2. The van der Waals surface area contributed by atoms with Crippen molar-refractivity contribution in [1.29, 1.82) is 0 Å². The Labute approximate surface area is 95.7 Å². The molecule has 0 bridgehead atoms. The third-order valence-electron chi connectivity index (χ3n) is 2.10. The molecular weight excluding hydrogens is 204 g/mol. The minimum absolute atomic E-state index is 0.0866. The zero-order valence-corrected chi connectivity index (χ0v) is 9.87. The molecule has 0 aromatic heterocycles. The van der Waals surface area contributed by atoms with Gasteiger partial charge < -0.3 is 15.7 Å². The first-order chi connectivity index (χ1) is 7.49. The molecule has 1 amide bonds. The fraction of sp³-hybridized carbons (Fsp3) is 0.417. The summed E-state index contributed by atoms with van der Waals surface area (Å²) in [5.74, 6) is -0.0712. The molecule has 0 aliphatic carbocycles. The molecular formula is C12H18N2O2. The van der Waals surface area contributed by atoms with E-state index in [4.69, 9.17) is 0 Å². The molecule has 0 unspecified atom stereocenters. The molecule has 0 saturated carbocycles. The van der Waals surface area contributed by atoms with Crippen LogP contribution in [-0.4, -0.2) is 23.6 Å². The average Bonchev–Trinajstić information content (AvgIpc) is 2.20. The van der Waals surface area contributed by atoms with Crippen molar-refractivity contribution >= 4 is 11.6 Å². The van der Waals surface area contributed by atoms with E-state index in [1.165, 1.54) is 0 Å². The third-order valence-corrected chi connectivity index (χ3v) is 2.10. The highest BCUT2D eigenvalue weighted by Gasteiger charge is 2.06. The van der Waals surface area contributed by atoms with Gasteiger partial charge in [0.05, 0.1) is 12.2 Å². The molecule has 1 aromatic carbocycles. The molecule has 0 heterocycles. The predicted molar refractivity (Wildman–Crippen MR) is 64.6 cm³/mol. The van der Waals surface area contributed by atoms with E-state index in [9.17, 15) is 9.90 Å². The summed E-state index contributed by atoms with van der Waals surface area (Å²) in [4.78, 5) is 11.5. The number of anilines is 1. The lowest BCUT2D eigenvalue weighted by molar-refractivity contribution is -0.115. The number of hydrogen-bond donors (Lipinski definition) is 3. The van der Waals surface area contributed by atoms with Gasteiger partial charge in [0.25, 0.3) is 0 Å². The van der Waals surface area contributed by atoms with Crippen molar-refractivity contribution in [3.05, 3.63) is 23.8 Å². The number of benzene rings is 1. The van der Waals surface area contributed by atoms with E-state index in [1.54, 1.807) is 18.2 Å². The largest absolute Gasteiger partial charge is 0.506 e. The van der Waals surface area contributed by atoms with Crippen LogP contribution in [-0.2, 0) is 4.79 Å². The molecule has 0 atom stereocenters. The smallest absolute Gasteiger partial charge is 0.238 e. The van der Waals surface area contributed by atoms with Crippen LogP contribution in [0, 0.1) is 6.92 Å². The minimum atomic E-state index is -0.158. The van der Waals surface area contributed by atoms with Gasteiger partial charge in [-0.2, -0.15) is 0 Å². The molecule has 0 spiro atoms. The van der Waals surface area contributed by atoms with Crippen LogP contribution in [0.15, 0.2) is 18.2 Å². The van der Waals surface area contributed by atoms with E-state index in [1.807, 2.05) is 20.8 Å². The molecule has 3 N–H and O–H groups in total. The first-order valence-corrected chi connectivity index (χ1v) is 5.32. The second-order valence-corrected chi connectivity index (χ2v) is 4.10. The number of hydrogen-bond acceptors (Lipinski definition) is 3. The van der Waals surface area contributed by atoms with Crippen molar-refractivity contribution in [2.45, 2.75) is 26.8 Å². The summed E-state index contributed by atoms with van der Waals surface area (Å²) < 4.78 is 0. The summed E-state index contributed by atoms with van der Waals surface area (Å²) in [6.07, 6.45) is 0. The number of aryl methyl sites for hydroxylation is 1. The Morgan fingerprint density at radius 1 is 1.44 bits per heavy atom. The Balaban J connectivity index is 2.59. The number of nitrogens with one attached hydrogen (secondary N) is 2. The molecule has 4 heteroatoms. The van der Waals surface area contributed by atoms with E-state index in [-0.39, 0.29) is 24.2 Å². The predicted octanol–water partition coefficient (Wildman–Crippen LogP) is 1.64. The summed E-state index contributed by atoms with van der Waals surface area (Å²) in [6.45, 7) is 6.08. The molecule has 0 saturated heterocycles. The van der Waals surface area contributed by atoms with Gasteiger partial charge in [-0.15, -0.1) is 0 Å². The molecule has 0 aliphatic rings. The van der Waals surface area contributed by atoms with Gasteiger partial charge in [-0.25, -0.2) is 0 Å². The lowest BCUT2D eigenvalue weighted by Crippen LogP contribution is -2.32. The number of phenolic OH excluding ortho intramolecular Hbond substituents is 1. The van der Waals surface area contributed by atoms with Crippen LogP contribution in [0.2, 0.25) is 0 Å². The van der Waals surface area contributed by atoms with Crippen LogP contribution < -0.4 is 10.6 Å². The fourth-order valence-corrected chi connectivity index (χ4v) is 1.24. The maximum absolute atomic E-state index is 11.5. The van der Waals surface area contributed by atoms with Gasteiger partial charge in [-0.05, 0) is 24.6 Å². The number of aromatic hydroxyl groups is 1. The van der Waals surface area contributed by atoms with Crippen LogP contribution >= 0.6 is 0 Å². The van der Waals surface area contributed by atoms with Crippen LogP contribution in [0.3, 0.4) is 0 Å².